The Labute approximate surface area is 97.7 Å². The third-order valence-electron chi connectivity index (χ3n) is 3.23. The first-order valence-corrected chi connectivity index (χ1v) is 6.44. The number of hydrogen-bond donors (Lipinski definition) is 1. The molecule has 1 N–H and O–H groups in total. The van der Waals surface area contributed by atoms with Crippen LogP contribution < -0.4 is 5.32 Å². The SMILES string of the molecule is CCCCCCc1ncnc2c1CNCC2. The minimum absolute atomic E-state index is 0.958. The van der Waals surface area contributed by atoms with Crippen LogP contribution in [0.25, 0.3) is 0 Å². The monoisotopic (exact) mass is 219 g/mol. The Hall–Kier alpha value is -0.960. The second-order valence-electron chi connectivity index (χ2n) is 4.48. The smallest absolute Gasteiger partial charge is 0.115 e. The van der Waals surface area contributed by atoms with Gasteiger partial charge in [0.25, 0.3) is 0 Å². The van der Waals surface area contributed by atoms with Crippen molar-refractivity contribution < 1.29 is 0 Å². The van der Waals surface area contributed by atoms with Crippen LogP contribution in [-0.4, -0.2) is 16.5 Å². The van der Waals surface area contributed by atoms with Gasteiger partial charge in [-0.2, -0.15) is 0 Å². The molecule has 0 saturated heterocycles. The van der Waals surface area contributed by atoms with E-state index in [-0.39, 0.29) is 0 Å². The average molecular weight is 219 g/mol. The average Bonchev–Trinajstić information content (AvgIpc) is 2.35. The number of nitrogens with one attached hydrogen (secondary N) is 1. The molecule has 0 unspecified atom stereocenters. The molecular weight excluding hydrogens is 198 g/mol. The van der Waals surface area contributed by atoms with Gasteiger partial charge in [0.15, 0.2) is 0 Å². The molecule has 2 rings (SSSR count). The highest BCUT2D eigenvalue weighted by Gasteiger charge is 2.14. The van der Waals surface area contributed by atoms with Crippen molar-refractivity contribution >= 4 is 0 Å². The summed E-state index contributed by atoms with van der Waals surface area (Å²) in [6.45, 7) is 4.26. The Bertz CT molecular complexity index is 336. The number of aromatic nitrogens is 2. The highest BCUT2D eigenvalue weighted by atomic mass is 14.9. The summed E-state index contributed by atoms with van der Waals surface area (Å²) >= 11 is 0. The van der Waals surface area contributed by atoms with E-state index in [1.807, 2.05) is 0 Å². The van der Waals surface area contributed by atoms with Gasteiger partial charge >= 0.3 is 0 Å². The van der Waals surface area contributed by atoms with Gasteiger partial charge in [0.2, 0.25) is 0 Å². The van der Waals surface area contributed by atoms with Crippen molar-refractivity contribution in [1.82, 2.24) is 15.3 Å². The van der Waals surface area contributed by atoms with Crippen molar-refractivity contribution in [3.05, 3.63) is 23.3 Å². The van der Waals surface area contributed by atoms with Gasteiger partial charge in [0.1, 0.15) is 6.33 Å². The summed E-state index contributed by atoms with van der Waals surface area (Å²) in [5, 5.41) is 3.40. The van der Waals surface area contributed by atoms with Gasteiger partial charge in [-0.25, -0.2) is 9.97 Å². The molecule has 0 fully saturated rings. The highest BCUT2D eigenvalue weighted by Crippen LogP contribution is 2.16. The molecule has 88 valence electrons. The Kier molecular flexibility index (Phi) is 4.28. The minimum atomic E-state index is 0.958. The molecule has 0 atom stereocenters. The lowest BCUT2D eigenvalue weighted by Crippen LogP contribution is -2.26. The zero-order chi connectivity index (χ0) is 11.2. The summed E-state index contributed by atoms with van der Waals surface area (Å²) in [7, 11) is 0. The van der Waals surface area contributed by atoms with E-state index >= 15 is 0 Å². The van der Waals surface area contributed by atoms with E-state index < -0.39 is 0 Å². The summed E-state index contributed by atoms with van der Waals surface area (Å²) in [5.41, 5.74) is 3.90. The van der Waals surface area contributed by atoms with E-state index in [1.54, 1.807) is 6.33 Å². The maximum atomic E-state index is 4.44. The molecule has 3 heteroatoms. The third-order valence-corrected chi connectivity index (χ3v) is 3.23. The molecule has 1 aromatic heterocycles. The molecule has 0 spiro atoms. The number of rotatable bonds is 5. The molecule has 0 radical (unpaired) electrons. The highest BCUT2D eigenvalue weighted by molar-refractivity contribution is 5.26. The van der Waals surface area contributed by atoms with Crippen molar-refractivity contribution in [3.8, 4) is 0 Å². The van der Waals surface area contributed by atoms with Crippen LogP contribution in [0.3, 0.4) is 0 Å². The van der Waals surface area contributed by atoms with Crippen LogP contribution in [0.2, 0.25) is 0 Å². The fraction of sp³-hybridized carbons (Fsp3) is 0.692. The molecule has 0 aromatic carbocycles. The Morgan fingerprint density at radius 1 is 1.25 bits per heavy atom. The van der Waals surface area contributed by atoms with Crippen molar-refractivity contribution in [2.75, 3.05) is 6.54 Å². The van der Waals surface area contributed by atoms with E-state index in [9.17, 15) is 0 Å². The topological polar surface area (TPSA) is 37.8 Å². The lowest BCUT2D eigenvalue weighted by Gasteiger charge is -2.18. The van der Waals surface area contributed by atoms with E-state index in [1.165, 1.54) is 42.6 Å². The second kappa shape index (κ2) is 5.94. The standard InChI is InChI=1S/C13H21N3/c1-2-3-4-5-6-12-11-9-14-8-7-13(11)16-10-15-12/h10,14H,2-9H2,1H3. The van der Waals surface area contributed by atoms with E-state index in [0.717, 1.165) is 25.9 Å². The van der Waals surface area contributed by atoms with Crippen LogP contribution in [0.1, 0.15) is 49.6 Å². The van der Waals surface area contributed by atoms with Crippen LogP contribution >= 0.6 is 0 Å². The summed E-state index contributed by atoms with van der Waals surface area (Å²) in [6.07, 6.45) is 9.13. The van der Waals surface area contributed by atoms with E-state index in [0.29, 0.717) is 0 Å². The predicted molar refractivity (Wildman–Crippen MR) is 65.3 cm³/mol. The van der Waals surface area contributed by atoms with Crippen LogP contribution in [0.15, 0.2) is 6.33 Å². The maximum Gasteiger partial charge on any atom is 0.115 e. The van der Waals surface area contributed by atoms with Crippen LogP contribution in [0.4, 0.5) is 0 Å². The minimum Gasteiger partial charge on any atom is -0.312 e. The van der Waals surface area contributed by atoms with Gasteiger partial charge in [0, 0.05) is 36.5 Å². The number of fused-ring (bicyclic) bond motifs is 1. The van der Waals surface area contributed by atoms with Crippen LogP contribution in [0.5, 0.6) is 0 Å². The van der Waals surface area contributed by atoms with Crippen molar-refractivity contribution in [1.29, 1.82) is 0 Å². The summed E-state index contributed by atoms with van der Waals surface area (Å²) < 4.78 is 0. The zero-order valence-electron chi connectivity index (χ0n) is 10.1. The van der Waals surface area contributed by atoms with Crippen molar-refractivity contribution in [3.63, 3.8) is 0 Å². The summed E-state index contributed by atoms with van der Waals surface area (Å²) in [6, 6.07) is 0. The molecule has 3 nitrogen and oxygen atoms in total. The van der Waals surface area contributed by atoms with Crippen molar-refractivity contribution in [2.45, 2.75) is 52.0 Å². The quantitative estimate of drug-likeness (QED) is 0.772. The Balaban J connectivity index is 1.97. The van der Waals surface area contributed by atoms with E-state index in [4.69, 9.17) is 0 Å². The second-order valence-corrected chi connectivity index (χ2v) is 4.48. The van der Waals surface area contributed by atoms with Gasteiger partial charge in [-0.3, -0.25) is 0 Å². The van der Waals surface area contributed by atoms with Gasteiger partial charge in [-0.1, -0.05) is 26.2 Å². The number of unbranched alkanes of at least 4 members (excludes halogenated alkanes) is 3. The van der Waals surface area contributed by atoms with Crippen LogP contribution in [0, 0.1) is 0 Å². The zero-order valence-corrected chi connectivity index (χ0v) is 10.1. The molecule has 16 heavy (non-hydrogen) atoms. The van der Waals surface area contributed by atoms with E-state index in [2.05, 4.69) is 22.2 Å². The molecular formula is C13H21N3. The maximum absolute atomic E-state index is 4.44. The lowest BCUT2D eigenvalue weighted by atomic mass is 10.0. The van der Waals surface area contributed by atoms with Crippen molar-refractivity contribution in [2.24, 2.45) is 0 Å². The molecule has 2 heterocycles. The van der Waals surface area contributed by atoms with Gasteiger partial charge in [-0.15, -0.1) is 0 Å². The molecule has 1 aliphatic heterocycles. The number of aryl methyl sites for hydroxylation is 1. The Morgan fingerprint density at radius 2 is 2.19 bits per heavy atom. The molecule has 1 aliphatic rings. The number of nitrogens with zero attached hydrogens (tertiary/aromatic N) is 2. The molecule has 0 amide bonds. The normalized spacial score (nSPS) is 14.8. The molecule has 1 aromatic rings. The molecule has 0 aliphatic carbocycles. The molecule has 0 bridgehead atoms. The summed E-state index contributed by atoms with van der Waals surface area (Å²) in [5.74, 6) is 0. The number of hydrogen-bond acceptors (Lipinski definition) is 3. The van der Waals surface area contributed by atoms with Gasteiger partial charge in [0.05, 0.1) is 0 Å². The lowest BCUT2D eigenvalue weighted by molar-refractivity contribution is 0.603. The summed E-state index contributed by atoms with van der Waals surface area (Å²) in [4.78, 5) is 8.81. The van der Waals surface area contributed by atoms with Gasteiger partial charge in [-0.05, 0) is 12.8 Å². The third kappa shape index (κ3) is 2.79. The first-order chi connectivity index (χ1) is 7.92. The Morgan fingerprint density at radius 3 is 3.06 bits per heavy atom. The van der Waals surface area contributed by atoms with Gasteiger partial charge < -0.3 is 5.32 Å². The molecule has 0 saturated carbocycles. The van der Waals surface area contributed by atoms with Crippen LogP contribution in [-0.2, 0) is 19.4 Å². The first kappa shape index (κ1) is 11.5. The fourth-order valence-corrected chi connectivity index (χ4v) is 2.26. The largest absolute Gasteiger partial charge is 0.312 e. The fourth-order valence-electron chi connectivity index (χ4n) is 2.26. The first-order valence-electron chi connectivity index (χ1n) is 6.44. The predicted octanol–water partition coefficient (Wildman–Crippen LogP) is 2.25.